The summed E-state index contributed by atoms with van der Waals surface area (Å²) in [6.45, 7) is 6.46. The first-order chi connectivity index (χ1) is 11.2. The number of ether oxygens (including phenoxy) is 2. The van der Waals surface area contributed by atoms with Crippen LogP contribution in [0.15, 0.2) is 24.3 Å². The Bertz CT molecular complexity index is 590. The number of hydrogen-bond acceptors (Lipinski definition) is 4. The van der Waals surface area contributed by atoms with Crippen molar-refractivity contribution >= 4 is 11.9 Å². The number of methoxy groups -OCH3 is 1. The molecule has 1 heterocycles. The Morgan fingerprint density at radius 2 is 1.88 bits per heavy atom. The quantitative estimate of drug-likeness (QED) is 0.891. The van der Waals surface area contributed by atoms with Crippen molar-refractivity contribution in [2.24, 2.45) is 0 Å². The second-order valence-electron chi connectivity index (χ2n) is 7.06. The molecule has 1 fully saturated rings. The SMILES string of the molecule is COC1CC(C(=O)O)N(C(=O)COc2ccc(C(C)(C)C)cc2)C1. The van der Waals surface area contributed by atoms with Crippen LogP contribution in [-0.2, 0) is 19.7 Å². The van der Waals surface area contributed by atoms with Gasteiger partial charge in [0, 0.05) is 20.1 Å². The fourth-order valence-corrected chi connectivity index (χ4v) is 2.76. The van der Waals surface area contributed by atoms with Crippen LogP contribution in [0.25, 0.3) is 0 Å². The summed E-state index contributed by atoms with van der Waals surface area (Å²) in [5.41, 5.74) is 1.22. The zero-order chi connectivity index (χ0) is 17.9. The van der Waals surface area contributed by atoms with Gasteiger partial charge in [-0.15, -0.1) is 0 Å². The first-order valence-corrected chi connectivity index (χ1v) is 8.00. The minimum absolute atomic E-state index is 0.0494. The highest BCUT2D eigenvalue weighted by molar-refractivity contribution is 5.85. The van der Waals surface area contributed by atoms with E-state index in [-0.39, 0.29) is 30.6 Å². The van der Waals surface area contributed by atoms with Crippen molar-refractivity contribution in [1.82, 2.24) is 4.90 Å². The molecule has 2 rings (SSSR count). The van der Waals surface area contributed by atoms with Crippen LogP contribution in [0.1, 0.15) is 32.8 Å². The van der Waals surface area contributed by atoms with Gasteiger partial charge < -0.3 is 19.5 Å². The average Bonchev–Trinajstić information content (AvgIpc) is 2.97. The fourth-order valence-electron chi connectivity index (χ4n) is 2.76. The summed E-state index contributed by atoms with van der Waals surface area (Å²) in [4.78, 5) is 24.9. The van der Waals surface area contributed by atoms with E-state index in [1.54, 1.807) is 0 Å². The summed E-state index contributed by atoms with van der Waals surface area (Å²) in [7, 11) is 1.52. The van der Waals surface area contributed by atoms with E-state index in [9.17, 15) is 14.7 Å². The van der Waals surface area contributed by atoms with Crippen molar-refractivity contribution in [2.75, 3.05) is 20.3 Å². The molecule has 24 heavy (non-hydrogen) atoms. The molecule has 0 radical (unpaired) electrons. The van der Waals surface area contributed by atoms with E-state index in [2.05, 4.69) is 20.8 Å². The van der Waals surface area contributed by atoms with E-state index in [1.165, 1.54) is 17.6 Å². The Balaban J connectivity index is 1.96. The summed E-state index contributed by atoms with van der Waals surface area (Å²) in [5.74, 6) is -0.773. The van der Waals surface area contributed by atoms with Crippen LogP contribution in [0, 0.1) is 0 Å². The van der Waals surface area contributed by atoms with E-state index in [4.69, 9.17) is 9.47 Å². The van der Waals surface area contributed by atoms with E-state index < -0.39 is 12.0 Å². The Labute approximate surface area is 142 Å². The number of likely N-dealkylation sites (tertiary alicyclic amines) is 1. The first-order valence-electron chi connectivity index (χ1n) is 8.00. The monoisotopic (exact) mass is 335 g/mol. The van der Waals surface area contributed by atoms with Gasteiger partial charge in [-0.2, -0.15) is 0 Å². The van der Waals surface area contributed by atoms with Crippen LogP contribution in [-0.4, -0.2) is 54.3 Å². The number of carbonyl (C=O) groups excluding carboxylic acids is 1. The highest BCUT2D eigenvalue weighted by Gasteiger charge is 2.39. The molecule has 2 unspecified atom stereocenters. The summed E-state index contributed by atoms with van der Waals surface area (Å²) in [5, 5.41) is 9.25. The minimum Gasteiger partial charge on any atom is -0.484 e. The molecule has 1 N–H and O–H groups in total. The van der Waals surface area contributed by atoms with Gasteiger partial charge in [-0.25, -0.2) is 4.79 Å². The van der Waals surface area contributed by atoms with Crippen LogP contribution in [0.2, 0.25) is 0 Å². The Morgan fingerprint density at radius 3 is 2.38 bits per heavy atom. The molecule has 0 saturated carbocycles. The molecule has 6 heteroatoms. The number of aliphatic carboxylic acids is 1. The average molecular weight is 335 g/mol. The summed E-state index contributed by atoms with van der Waals surface area (Å²) < 4.78 is 10.7. The molecule has 1 aliphatic rings. The van der Waals surface area contributed by atoms with Crippen molar-refractivity contribution in [2.45, 2.75) is 44.8 Å². The lowest BCUT2D eigenvalue weighted by Crippen LogP contribution is -2.43. The number of hydrogen-bond donors (Lipinski definition) is 1. The summed E-state index contributed by atoms with van der Waals surface area (Å²) in [6, 6.07) is 6.73. The fraction of sp³-hybridized carbons (Fsp3) is 0.556. The smallest absolute Gasteiger partial charge is 0.326 e. The number of carboxylic acids is 1. The van der Waals surface area contributed by atoms with Crippen LogP contribution in [0.3, 0.4) is 0 Å². The molecule has 132 valence electrons. The summed E-state index contributed by atoms with van der Waals surface area (Å²) in [6.07, 6.45) is 0.0545. The van der Waals surface area contributed by atoms with Gasteiger partial charge in [0.15, 0.2) is 6.61 Å². The molecular weight excluding hydrogens is 310 g/mol. The second kappa shape index (κ2) is 7.21. The number of nitrogens with zero attached hydrogens (tertiary/aromatic N) is 1. The van der Waals surface area contributed by atoms with Gasteiger partial charge in [-0.05, 0) is 23.1 Å². The Morgan fingerprint density at radius 1 is 1.25 bits per heavy atom. The number of benzene rings is 1. The molecule has 2 atom stereocenters. The van der Waals surface area contributed by atoms with E-state index in [1.807, 2.05) is 24.3 Å². The van der Waals surface area contributed by atoms with Gasteiger partial charge in [0.2, 0.25) is 0 Å². The zero-order valence-corrected chi connectivity index (χ0v) is 14.6. The van der Waals surface area contributed by atoms with Gasteiger partial charge >= 0.3 is 5.97 Å². The number of amides is 1. The molecule has 1 aromatic rings. The normalized spacial score (nSPS) is 20.9. The summed E-state index contributed by atoms with van der Waals surface area (Å²) >= 11 is 0. The maximum Gasteiger partial charge on any atom is 0.326 e. The lowest BCUT2D eigenvalue weighted by atomic mass is 9.87. The predicted molar refractivity (Wildman–Crippen MR) is 89.2 cm³/mol. The van der Waals surface area contributed by atoms with Crippen LogP contribution in [0.5, 0.6) is 5.75 Å². The van der Waals surface area contributed by atoms with Crippen LogP contribution >= 0.6 is 0 Å². The second-order valence-corrected chi connectivity index (χ2v) is 7.06. The van der Waals surface area contributed by atoms with Crippen LogP contribution < -0.4 is 4.74 Å². The number of carbonyl (C=O) groups is 2. The highest BCUT2D eigenvalue weighted by atomic mass is 16.5. The van der Waals surface area contributed by atoms with E-state index in [0.717, 1.165) is 0 Å². The van der Waals surface area contributed by atoms with Gasteiger partial charge in [0.1, 0.15) is 11.8 Å². The van der Waals surface area contributed by atoms with Crippen molar-refractivity contribution in [3.05, 3.63) is 29.8 Å². The predicted octanol–water partition coefficient (Wildman–Crippen LogP) is 2.06. The zero-order valence-electron chi connectivity index (χ0n) is 14.6. The molecule has 0 bridgehead atoms. The maximum atomic E-state index is 12.3. The largest absolute Gasteiger partial charge is 0.484 e. The maximum absolute atomic E-state index is 12.3. The van der Waals surface area contributed by atoms with Crippen molar-refractivity contribution in [3.8, 4) is 5.75 Å². The lowest BCUT2D eigenvalue weighted by Gasteiger charge is -2.22. The molecular formula is C18H25NO5. The molecule has 1 amide bonds. The first kappa shape index (κ1) is 18.3. The Kier molecular flexibility index (Phi) is 5.49. The third-order valence-electron chi connectivity index (χ3n) is 4.28. The molecule has 0 spiro atoms. The van der Waals surface area contributed by atoms with Gasteiger partial charge in [-0.3, -0.25) is 4.79 Å². The van der Waals surface area contributed by atoms with Gasteiger partial charge in [0.25, 0.3) is 5.91 Å². The number of carboxylic acid groups (broad SMARTS) is 1. The van der Waals surface area contributed by atoms with Gasteiger partial charge in [0.05, 0.1) is 6.10 Å². The molecule has 1 aromatic carbocycles. The van der Waals surface area contributed by atoms with Gasteiger partial charge in [-0.1, -0.05) is 32.9 Å². The van der Waals surface area contributed by atoms with E-state index >= 15 is 0 Å². The lowest BCUT2D eigenvalue weighted by molar-refractivity contribution is -0.148. The molecule has 0 aromatic heterocycles. The standard InChI is InChI=1S/C18H25NO5/c1-18(2,3)12-5-7-13(8-6-12)24-11-16(20)19-10-14(23-4)9-15(19)17(21)22/h5-8,14-15H,9-11H2,1-4H3,(H,21,22). The third kappa shape index (κ3) is 4.26. The topological polar surface area (TPSA) is 76.1 Å². The van der Waals surface area contributed by atoms with Crippen molar-refractivity contribution in [3.63, 3.8) is 0 Å². The van der Waals surface area contributed by atoms with E-state index in [0.29, 0.717) is 12.2 Å². The molecule has 1 aliphatic heterocycles. The van der Waals surface area contributed by atoms with Crippen LogP contribution in [0.4, 0.5) is 0 Å². The molecule has 6 nitrogen and oxygen atoms in total. The molecule has 1 saturated heterocycles. The highest BCUT2D eigenvalue weighted by Crippen LogP contribution is 2.25. The van der Waals surface area contributed by atoms with Crippen molar-refractivity contribution in [1.29, 1.82) is 0 Å². The number of rotatable bonds is 5. The molecule has 0 aliphatic carbocycles. The Hall–Kier alpha value is -2.08. The van der Waals surface area contributed by atoms with Crippen molar-refractivity contribution < 1.29 is 24.2 Å². The third-order valence-corrected chi connectivity index (χ3v) is 4.28. The minimum atomic E-state index is -1.02.